The lowest BCUT2D eigenvalue weighted by molar-refractivity contribution is 0.0651. The van der Waals surface area contributed by atoms with E-state index in [1.54, 1.807) is 0 Å². The second-order valence-corrected chi connectivity index (χ2v) is 8.48. The van der Waals surface area contributed by atoms with Crippen molar-refractivity contribution in [2.45, 2.75) is 65.8 Å². The molecule has 0 aromatic rings. The lowest BCUT2D eigenvalue weighted by Crippen LogP contribution is -2.48. The number of nitrogens with zero attached hydrogens (tertiary/aromatic N) is 2. The first-order valence-electron chi connectivity index (χ1n) is 8.83. The van der Waals surface area contributed by atoms with Gasteiger partial charge in [0.2, 0.25) is 0 Å². The molecule has 2 rings (SSSR count). The van der Waals surface area contributed by atoms with Gasteiger partial charge >= 0.3 is 0 Å². The van der Waals surface area contributed by atoms with Crippen LogP contribution in [0.2, 0.25) is 0 Å². The van der Waals surface area contributed by atoms with Crippen molar-refractivity contribution in [2.24, 2.45) is 17.8 Å². The molecule has 2 heterocycles. The fourth-order valence-corrected chi connectivity index (χ4v) is 3.95. The van der Waals surface area contributed by atoms with Crippen molar-refractivity contribution in [1.29, 1.82) is 0 Å². The van der Waals surface area contributed by atoms with Gasteiger partial charge in [-0.3, -0.25) is 4.90 Å². The number of rotatable bonds is 3. The molecule has 2 fully saturated rings. The van der Waals surface area contributed by atoms with Gasteiger partial charge in [-0.15, -0.1) is 0 Å². The van der Waals surface area contributed by atoms with Gasteiger partial charge in [0.15, 0.2) is 0 Å². The topological polar surface area (TPSA) is 6.48 Å². The fraction of sp³-hybridized carbons (Fsp3) is 1.00. The van der Waals surface area contributed by atoms with Crippen molar-refractivity contribution in [3.8, 4) is 0 Å². The van der Waals surface area contributed by atoms with Crippen LogP contribution in [0.5, 0.6) is 0 Å². The van der Waals surface area contributed by atoms with Crippen LogP contribution in [0.1, 0.15) is 60.3 Å². The maximum atomic E-state index is 2.75. The van der Waals surface area contributed by atoms with E-state index in [9.17, 15) is 0 Å². The van der Waals surface area contributed by atoms with Gasteiger partial charge in [-0.25, -0.2) is 0 Å². The minimum absolute atomic E-state index is 0.362. The standard InChI is InChI=1S/C18H36N2/c1-15(2)17-8-10-19(11-9-17)14-16-6-12-20(13-7-16)18(3,4)5/h15-17H,6-14H2,1-5H3. The summed E-state index contributed by atoms with van der Waals surface area (Å²) in [6.07, 6.45) is 5.67. The second-order valence-electron chi connectivity index (χ2n) is 8.48. The molecular weight excluding hydrogens is 244 g/mol. The van der Waals surface area contributed by atoms with Crippen LogP contribution in [0.3, 0.4) is 0 Å². The molecule has 0 aromatic heterocycles. The van der Waals surface area contributed by atoms with E-state index in [1.807, 2.05) is 0 Å². The zero-order valence-corrected chi connectivity index (χ0v) is 14.5. The molecule has 2 aliphatic heterocycles. The van der Waals surface area contributed by atoms with Crippen LogP contribution in [0.15, 0.2) is 0 Å². The molecule has 2 aliphatic rings. The maximum Gasteiger partial charge on any atom is 0.0125 e. The first-order chi connectivity index (χ1) is 9.36. The van der Waals surface area contributed by atoms with Gasteiger partial charge in [-0.05, 0) is 90.4 Å². The van der Waals surface area contributed by atoms with E-state index in [4.69, 9.17) is 0 Å². The summed E-state index contributed by atoms with van der Waals surface area (Å²) in [6, 6.07) is 0. The second kappa shape index (κ2) is 6.79. The Labute approximate surface area is 126 Å². The zero-order chi connectivity index (χ0) is 14.8. The van der Waals surface area contributed by atoms with Crippen LogP contribution in [-0.2, 0) is 0 Å². The van der Waals surface area contributed by atoms with Gasteiger partial charge in [0, 0.05) is 12.1 Å². The molecule has 2 heteroatoms. The van der Waals surface area contributed by atoms with Crippen LogP contribution in [0.4, 0.5) is 0 Å². The minimum atomic E-state index is 0.362. The zero-order valence-electron chi connectivity index (χ0n) is 14.5. The number of hydrogen-bond donors (Lipinski definition) is 0. The summed E-state index contributed by atoms with van der Waals surface area (Å²) < 4.78 is 0. The minimum Gasteiger partial charge on any atom is -0.303 e. The molecule has 0 radical (unpaired) electrons. The predicted octanol–water partition coefficient (Wildman–Crippen LogP) is 3.86. The van der Waals surface area contributed by atoms with E-state index >= 15 is 0 Å². The normalized spacial score (nSPS) is 25.5. The van der Waals surface area contributed by atoms with Gasteiger partial charge in [0.05, 0.1) is 0 Å². The third kappa shape index (κ3) is 4.46. The average molecular weight is 280 g/mol. The van der Waals surface area contributed by atoms with Crippen molar-refractivity contribution in [1.82, 2.24) is 9.80 Å². The Morgan fingerprint density at radius 3 is 1.90 bits per heavy atom. The Morgan fingerprint density at radius 2 is 1.45 bits per heavy atom. The monoisotopic (exact) mass is 280 g/mol. The van der Waals surface area contributed by atoms with Crippen molar-refractivity contribution in [3.63, 3.8) is 0 Å². The summed E-state index contributed by atoms with van der Waals surface area (Å²) in [5.41, 5.74) is 0.362. The molecule has 2 nitrogen and oxygen atoms in total. The maximum absolute atomic E-state index is 2.75. The molecule has 0 unspecified atom stereocenters. The van der Waals surface area contributed by atoms with Crippen LogP contribution in [0, 0.1) is 17.8 Å². The molecule has 0 spiro atoms. The lowest BCUT2D eigenvalue weighted by atomic mass is 9.86. The summed E-state index contributed by atoms with van der Waals surface area (Å²) in [7, 11) is 0. The molecule has 0 atom stereocenters. The molecule has 118 valence electrons. The first kappa shape index (κ1) is 16.3. The van der Waals surface area contributed by atoms with Gasteiger partial charge in [0.25, 0.3) is 0 Å². The Kier molecular flexibility index (Phi) is 5.53. The molecule has 0 saturated carbocycles. The fourth-order valence-electron chi connectivity index (χ4n) is 3.95. The summed E-state index contributed by atoms with van der Waals surface area (Å²) in [5.74, 6) is 2.81. The van der Waals surface area contributed by atoms with Gasteiger partial charge in [-0.1, -0.05) is 13.8 Å². The number of hydrogen-bond acceptors (Lipinski definition) is 2. The molecular formula is C18H36N2. The number of likely N-dealkylation sites (tertiary alicyclic amines) is 2. The van der Waals surface area contributed by atoms with Crippen molar-refractivity contribution in [3.05, 3.63) is 0 Å². The summed E-state index contributed by atoms with van der Waals surface area (Å²) in [4.78, 5) is 5.41. The molecule has 0 aromatic carbocycles. The SMILES string of the molecule is CC(C)C1CCN(CC2CCN(C(C)(C)C)CC2)CC1. The summed E-state index contributed by atoms with van der Waals surface area (Å²) >= 11 is 0. The number of piperidine rings is 2. The Balaban J connectivity index is 1.69. The van der Waals surface area contributed by atoms with E-state index in [0.29, 0.717) is 5.54 Å². The molecule has 2 saturated heterocycles. The highest BCUT2D eigenvalue weighted by atomic mass is 15.2. The van der Waals surface area contributed by atoms with Crippen LogP contribution in [-0.4, -0.2) is 48.1 Å². The molecule has 0 amide bonds. The van der Waals surface area contributed by atoms with Gasteiger partial charge in [0.1, 0.15) is 0 Å². The van der Waals surface area contributed by atoms with Gasteiger partial charge < -0.3 is 4.90 Å². The smallest absolute Gasteiger partial charge is 0.0125 e. The molecule has 0 N–H and O–H groups in total. The van der Waals surface area contributed by atoms with E-state index in [-0.39, 0.29) is 0 Å². The van der Waals surface area contributed by atoms with Crippen molar-refractivity contribution >= 4 is 0 Å². The Hall–Kier alpha value is -0.0800. The first-order valence-corrected chi connectivity index (χ1v) is 8.83. The Morgan fingerprint density at radius 1 is 0.900 bits per heavy atom. The van der Waals surface area contributed by atoms with E-state index in [0.717, 1.165) is 17.8 Å². The molecule has 20 heavy (non-hydrogen) atoms. The van der Waals surface area contributed by atoms with Crippen LogP contribution < -0.4 is 0 Å². The third-order valence-electron chi connectivity index (χ3n) is 5.65. The molecule has 0 aliphatic carbocycles. The van der Waals surface area contributed by atoms with E-state index < -0.39 is 0 Å². The van der Waals surface area contributed by atoms with E-state index in [1.165, 1.54) is 58.4 Å². The summed E-state index contributed by atoms with van der Waals surface area (Å²) in [5, 5.41) is 0. The average Bonchev–Trinajstić information content (AvgIpc) is 2.39. The quantitative estimate of drug-likeness (QED) is 0.774. The van der Waals surface area contributed by atoms with Crippen molar-refractivity contribution in [2.75, 3.05) is 32.7 Å². The van der Waals surface area contributed by atoms with E-state index in [2.05, 4.69) is 44.4 Å². The highest BCUT2D eigenvalue weighted by Crippen LogP contribution is 2.28. The highest BCUT2D eigenvalue weighted by Gasteiger charge is 2.29. The largest absolute Gasteiger partial charge is 0.303 e. The van der Waals surface area contributed by atoms with Crippen LogP contribution >= 0.6 is 0 Å². The Bertz CT molecular complexity index is 276. The lowest BCUT2D eigenvalue weighted by Gasteiger charge is -2.42. The van der Waals surface area contributed by atoms with Crippen molar-refractivity contribution < 1.29 is 0 Å². The predicted molar refractivity (Wildman–Crippen MR) is 88.1 cm³/mol. The third-order valence-corrected chi connectivity index (χ3v) is 5.65. The summed E-state index contributed by atoms with van der Waals surface area (Å²) in [6.45, 7) is 18.5. The van der Waals surface area contributed by atoms with Crippen LogP contribution in [0.25, 0.3) is 0 Å². The van der Waals surface area contributed by atoms with Gasteiger partial charge in [-0.2, -0.15) is 0 Å². The molecule has 0 bridgehead atoms. The highest BCUT2D eigenvalue weighted by molar-refractivity contribution is 4.84.